The summed E-state index contributed by atoms with van der Waals surface area (Å²) in [7, 11) is 0. The van der Waals surface area contributed by atoms with Crippen molar-refractivity contribution in [2.24, 2.45) is 0 Å². The highest BCUT2D eigenvalue weighted by molar-refractivity contribution is 5.93. The number of carboxylic acids is 1. The summed E-state index contributed by atoms with van der Waals surface area (Å²) in [4.78, 5) is 24.1. The molecule has 6 nitrogen and oxygen atoms in total. The molecule has 0 radical (unpaired) electrons. The highest BCUT2D eigenvalue weighted by atomic mass is 35.5. The Bertz CT molecular complexity index is 517. The second-order valence-electron chi connectivity index (χ2n) is 4.53. The van der Waals surface area contributed by atoms with Gasteiger partial charge in [0.2, 0.25) is 5.91 Å². The number of aliphatic carboxylic acids is 1. The van der Waals surface area contributed by atoms with Crippen LogP contribution in [0.5, 0.6) is 5.75 Å². The molecule has 0 bridgehead atoms. The predicted molar refractivity (Wildman–Crippen MR) is 83.3 cm³/mol. The number of nitrogens with zero attached hydrogens (tertiary/aromatic N) is 1. The van der Waals surface area contributed by atoms with Gasteiger partial charge < -0.3 is 15.2 Å². The highest BCUT2D eigenvalue weighted by Gasteiger charge is 2.15. The fraction of sp³-hybridized carbons (Fsp3) is 0.429. The van der Waals surface area contributed by atoms with Crippen molar-refractivity contribution in [3.63, 3.8) is 0 Å². The summed E-state index contributed by atoms with van der Waals surface area (Å²) in [5.74, 6) is -1.69. The number of benzene rings is 1. The van der Waals surface area contributed by atoms with Crippen LogP contribution in [0.1, 0.15) is 13.3 Å². The molecule has 0 saturated carbocycles. The molecule has 0 spiro atoms. The summed E-state index contributed by atoms with van der Waals surface area (Å²) in [6, 6.07) is 5.80. The Hall–Kier alpha value is -1.93. The highest BCUT2D eigenvalue weighted by Crippen LogP contribution is 2.25. The van der Waals surface area contributed by atoms with Gasteiger partial charge in [-0.15, -0.1) is 12.4 Å². The van der Waals surface area contributed by atoms with Crippen LogP contribution in [0, 0.1) is 0 Å². The van der Waals surface area contributed by atoms with E-state index in [0.29, 0.717) is 13.0 Å². The smallest absolute Gasteiger partial charge is 0.387 e. The summed E-state index contributed by atoms with van der Waals surface area (Å²) in [5.41, 5.74) is 0.111. The van der Waals surface area contributed by atoms with Crippen molar-refractivity contribution in [1.82, 2.24) is 4.90 Å². The third kappa shape index (κ3) is 8.32. The zero-order chi connectivity index (χ0) is 16.5. The molecule has 0 fully saturated rings. The number of carbonyl (C=O) groups is 2. The van der Waals surface area contributed by atoms with Gasteiger partial charge in [-0.3, -0.25) is 14.5 Å². The van der Waals surface area contributed by atoms with Crippen LogP contribution in [0.3, 0.4) is 0 Å². The lowest BCUT2D eigenvalue weighted by molar-refractivity contribution is -0.138. The predicted octanol–water partition coefficient (Wildman–Crippen LogP) is 2.44. The van der Waals surface area contributed by atoms with Crippen molar-refractivity contribution in [1.29, 1.82) is 0 Å². The minimum absolute atomic E-state index is 0. The molecule has 0 aliphatic heterocycles. The molecule has 0 aromatic heterocycles. The van der Waals surface area contributed by atoms with Crippen LogP contribution < -0.4 is 10.1 Å². The first kappa shape index (κ1) is 21.1. The number of para-hydroxylation sites is 2. The molecule has 2 N–H and O–H groups in total. The number of halogens is 3. The summed E-state index contributed by atoms with van der Waals surface area (Å²) in [6.45, 7) is -1.12. The molecule has 130 valence electrons. The lowest BCUT2D eigenvalue weighted by atomic mass is 10.3. The van der Waals surface area contributed by atoms with Crippen molar-refractivity contribution in [2.75, 3.05) is 25.0 Å². The minimum Gasteiger partial charge on any atom is -0.480 e. The van der Waals surface area contributed by atoms with Crippen LogP contribution in [0.15, 0.2) is 24.3 Å². The Labute approximate surface area is 138 Å². The molecule has 1 rings (SSSR count). The molecule has 9 heteroatoms. The molecule has 1 aromatic carbocycles. The van der Waals surface area contributed by atoms with E-state index in [-0.39, 0.29) is 36.9 Å². The van der Waals surface area contributed by atoms with Gasteiger partial charge in [0.05, 0.1) is 18.8 Å². The molecule has 0 aliphatic carbocycles. The Morgan fingerprint density at radius 2 is 1.96 bits per heavy atom. The Morgan fingerprint density at radius 3 is 2.52 bits per heavy atom. The van der Waals surface area contributed by atoms with Crippen LogP contribution in [0.25, 0.3) is 0 Å². The van der Waals surface area contributed by atoms with E-state index < -0.39 is 18.5 Å². The van der Waals surface area contributed by atoms with Crippen molar-refractivity contribution in [2.45, 2.75) is 20.0 Å². The molecular weight excluding hydrogens is 334 g/mol. The standard InChI is InChI=1S/C14H18F2N2O4.ClH/c1-2-7-18(9-13(20)21)8-12(19)17-10-5-3-4-6-11(10)22-14(15)16;/h3-6,14H,2,7-9H2,1H3,(H,17,19)(H,20,21);1H. The van der Waals surface area contributed by atoms with Gasteiger partial charge in [0.15, 0.2) is 0 Å². The Balaban J connectivity index is 0.00000484. The second kappa shape index (κ2) is 10.7. The largest absolute Gasteiger partial charge is 0.480 e. The number of carbonyl (C=O) groups excluding carboxylic acids is 1. The van der Waals surface area contributed by atoms with E-state index in [1.165, 1.54) is 23.1 Å². The number of hydrogen-bond donors (Lipinski definition) is 2. The van der Waals surface area contributed by atoms with E-state index in [2.05, 4.69) is 10.1 Å². The van der Waals surface area contributed by atoms with Crippen molar-refractivity contribution in [3.8, 4) is 5.75 Å². The number of carboxylic acid groups (broad SMARTS) is 1. The summed E-state index contributed by atoms with van der Waals surface area (Å²) in [6.07, 6.45) is 0.686. The quantitative estimate of drug-likeness (QED) is 0.713. The van der Waals surface area contributed by atoms with Crippen LogP contribution in [-0.4, -0.2) is 48.1 Å². The van der Waals surface area contributed by atoms with Crippen molar-refractivity contribution in [3.05, 3.63) is 24.3 Å². The molecule has 0 aliphatic rings. The van der Waals surface area contributed by atoms with Gasteiger partial charge >= 0.3 is 12.6 Å². The third-order valence-electron chi connectivity index (χ3n) is 2.64. The first-order valence-corrected chi connectivity index (χ1v) is 6.70. The zero-order valence-electron chi connectivity index (χ0n) is 12.5. The molecule has 1 aromatic rings. The lowest BCUT2D eigenvalue weighted by Gasteiger charge is -2.19. The van der Waals surface area contributed by atoms with E-state index in [1.54, 1.807) is 6.07 Å². The number of nitrogens with one attached hydrogen (secondary N) is 1. The topological polar surface area (TPSA) is 78.9 Å². The maximum absolute atomic E-state index is 12.3. The van der Waals surface area contributed by atoms with Crippen molar-refractivity contribution < 1.29 is 28.2 Å². The first-order chi connectivity index (χ1) is 10.4. The number of anilines is 1. The van der Waals surface area contributed by atoms with Gasteiger partial charge in [0, 0.05) is 0 Å². The fourth-order valence-electron chi connectivity index (χ4n) is 1.88. The van der Waals surface area contributed by atoms with E-state index in [4.69, 9.17) is 5.11 Å². The van der Waals surface area contributed by atoms with Gasteiger partial charge in [-0.25, -0.2) is 0 Å². The maximum Gasteiger partial charge on any atom is 0.387 e. The molecular formula is C14H19ClF2N2O4. The van der Waals surface area contributed by atoms with Gasteiger partial charge in [-0.05, 0) is 25.1 Å². The zero-order valence-corrected chi connectivity index (χ0v) is 13.3. The monoisotopic (exact) mass is 352 g/mol. The van der Waals surface area contributed by atoms with E-state index in [1.807, 2.05) is 6.92 Å². The maximum atomic E-state index is 12.3. The number of rotatable bonds is 9. The summed E-state index contributed by atoms with van der Waals surface area (Å²) < 4.78 is 28.9. The summed E-state index contributed by atoms with van der Waals surface area (Å²) >= 11 is 0. The van der Waals surface area contributed by atoms with Crippen molar-refractivity contribution >= 4 is 30.0 Å². The first-order valence-electron chi connectivity index (χ1n) is 6.70. The minimum atomic E-state index is -3.00. The number of amides is 1. The Morgan fingerprint density at radius 1 is 1.30 bits per heavy atom. The van der Waals surface area contributed by atoms with Crippen LogP contribution in [0.2, 0.25) is 0 Å². The lowest BCUT2D eigenvalue weighted by Crippen LogP contribution is -2.37. The molecule has 0 unspecified atom stereocenters. The molecule has 1 amide bonds. The number of alkyl halides is 2. The SMILES string of the molecule is CCCN(CC(=O)O)CC(=O)Nc1ccccc1OC(F)F.Cl. The van der Waals surface area contributed by atoms with Crippen LogP contribution >= 0.6 is 12.4 Å². The normalized spacial score (nSPS) is 10.3. The van der Waals surface area contributed by atoms with Gasteiger partial charge in [0.25, 0.3) is 0 Å². The van der Waals surface area contributed by atoms with Gasteiger partial charge in [-0.2, -0.15) is 8.78 Å². The van der Waals surface area contributed by atoms with E-state index in [9.17, 15) is 18.4 Å². The number of ether oxygens (including phenoxy) is 1. The van der Waals surface area contributed by atoms with Crippen LogP contribution in [-0.2, 0) is 9.59 Å². The average molecular weight is 353 g/mol. The molecule has 0 saturated heterocycles. The van der Waals surface area contributed by atoms with Gasteiger partial charge in [0.1, 0.15) is 5.75 Å². The molecule has 0 atom stereocenters. The average Bonchev–Trinajstić information content (AvgIpc) is 2.39. The van der Waals surface area contributed by atoms with Gasteiger partial charge in [-0.1, -0.05) is 19.1 Å². The van der Waals surface area contributed by atoms with E-state index in [0.717, 1.165) is 0 Å². The number of hydrogen-bond acceptors (Lipinski definition) is 4. The molecule has 23 heavy (non-hydrogen) atoms. The molecule has 0 heterocycles. The fourth-order valence-corrected chi connectivity index (χ4v) is 1.88. The van der Waals surface area contributed by atoms with E-state index >= 15 is 0 Å². The Kier molecular flexibility index (Phi) is 9.84. The summed E-state index contributed by atoms with van der Waals surface area (Å²) in [5, 5.41) is 11.2. The third-order valence-corrected chi connectivity index (χ3v) is 2.64. The van der Waals surface area contributed by atoms with Crippen LogP contribution in [0.4, 0.5) is 14.5 Å². The second-order valence-corrected chi connectivity index (χ2v) is 4.53.